The number of ether oxygens (including phenoxy) is 1. The van der Waals surface area contributed by atoms with Crippen LogP contribution in [0.5, 0.6) is 11.5 Å². The van der Waals surface area contributed by atoms with E-state index in [1.54, 1.807) is 0 Å². The van der Waals surface area contributed by atoms with E-state index in [1.165, 1.54) is 67.2 Å². The highest BCUT2D eigenvalue weighted by Crippen LogP contribution is 2.45. The minimum atomic E-state index is -0.122. The van der Waals surface area contributed by atoms with Crippen molar-refractivity contribution in [1.82, 2.24) is 0 Å². The number of amides is 1. The van der Waals surface area contributed by atoms with Crippen LogP contribution in [-0.2, 0) is 16.6 Å². The van der Waals surface area contributed by atoms with E-state index in [0.29, 0.717) is 6.42 Å². The summed E-state index contributed by atoms with van der Waals surface area (Å²) in [6, 6.07) is 33.8. The van der Waals surface area contributed by atoms with Crippen LogP contribution < -0.4 is 10.1 Å². The van der Waals surface area contributed by atoms with Crippen LogP contribution in [0.4, 0.5) is 5.69 Å². The lowest BCUT2D eigenvalue weighted by molar-refractivity contribution is -0.116. The standard InChI is InChI=1S/C44H51NO2/c1-31(34(28-33-18-9-6-10-19-33)21-15-20-32-16-7-5-8-17-32)35-26-27-39(44(2,3)4)40(29-35)45-43(46)30-38-36-22-11-13-24-41(36)47-42-25-14-12-23-37(38)42/h6,9-14,18-19,22-27,29,32,38H,5,7-8,15-17,20-21,28,30H2,1-4H3,(H,45,46). The maximum atomic E-state index is 14.0. The van der Waals surface area contributed by atoms with E-state index in [1.807, 2.05) is 36.4 Å². The summed E-state index contributed by atoms with van der Waals surface area (Å²) in [5.41, 5.74) is 9.45. The molecule has 244 valence electrons. The summed E-state index contributed by atoms with van der Waals surface area (Å²) in [5, 5.41) is 3.39. The van der Waals surface area contributed by atoms with Crippen molar-refractivity contribution in [3.63, 3.8) is 0 Å². The number of carbonyl (C=O) groups excluding carboxylic acids is 1. The van der Waals surface area contributed by atoms with Crippen LogP contribution in [0.1, 0.15) is 119 Å². The van der Waals surface area contributed by atoms with Gasteiger partial charge in [-0.3, -0.25) is 4.79 Å². The number of carbonyl (C=O) groups is 1. The van der Waals surface area contributed by atoms with Crippen molar-refractivity contribution in [3.05, 3.63) is 130 Å². The maximum Gasteiger partial charge on any atom is 0.225 e. The fraction of sp³-hybridized carbons (Fsp3) is 0.386. The van der Waals surface area contributed by atoms with Crippen LogP contribution in [0.25, 0.3) is 5.57 Å². The van der Waals surface area contributed by atoms with Gasteiger partial charge in [-0.05, 0) is 78.0 Å². The second-order valence-electron chi connectivity index (χ2n) is 14.8. The molecule has 0 atom stereocenters. The van der Waals surface area contributed by atoms with Gasteiger partial charge in [0.05, 0.1) is 0 Å². The van der Waals surface area contributed by atoms with Crippen LogP contribution >= 0.6 is 0 Å². The predicted octanol–water partition coefficient (Wildman–Crippen LogP) is 12.0. The number of para-hydroxylation sites is 2. The van der Waals surface area contributed by atoms with E-state index >= 15 is 0 Å². The lowest BCUT2D eigenvalue weighted by Crippen LogP contribution is -2.22. The normalized spacial score (nSPS) is 15.7. The molecule has 6 rings (SSSR count). The molecule has 1 aliphatic carbocycles. The molecule has 0 spiro atoms. The number of allylic oxidation sites excluding steroid dienone is 2. The van der Waals surface area contributed by atoms with Gasteiger partial charge in [-0.2, -0.15) is 0 Å². The Balaban J connectivity index is 1.28. The Morgan fingerprint density at radius 3 is 2.11 bits per heavy atom. The monoisotopic (exact) mass is 625 g/mol. The molecule has 0 saturated heterocycles. The average Bonchev–Trinajstić information content (AvgIpc) is 3.08. The molecule has 1 fully saturated rings. The van der Waals surface area contributed by atoms with Gasteiger partial charge in [0.2, 0.25) is 5.91 Å². The molecule has 1 N–H and O–H groups in total. The minimum Gasteiger partial charge on any atom is -0.457 e. The molecule has 1 aliphatic heterocycles. The Bertz CT molecular complexity index is 1660. The van der Waals surface area contributed by atoms with Crippen molar-refractivity contribution in [3.8, 4) is 11.5 Å². The second kappa shape index (κ2) is 14.8. The van der Waals surface area contributed by atoms with Crippen LogP contribution in [0.3, 0.4) is 0 Å². The first-order valence-electron chi connectivity index (χ1n) is 17.8. The number of hydrogen-bond acceptors (Lipinski definition) is 2. The second-order valence-corrected chi connectivity index (χ2v) is 14.8. The zero-order valence-electron chi connectivity index (χ0n) is 28.8. The summed E-state index contributed by atoms with van der Waals surface area (Å²) >= 11 is 0. The largest absolute Gasteiger partial charge is 0.457 e. The highest BCUT2D eigenvalue weighted by atomic mass is 16.5. The summed E-state index contributed by atoms with van der Waals surface area (Å²) in [6.45, 7) is 8.94. The van der Waals surface area contributed by atoms with Crippen molar-refractivity contribution in [2.24, 2.45) is 5.92 Å². The van der Waals surface area contributed by atoms with Gasteiger partial charge in [-0.1, -0.05) is 144 Å². The number of nitrogens with one attached hydrogen (secondary N) is 1. The molecule has 1 heterocycles. The predicted molar refractivity (Wildman–Crippen MR) is 196 cm³/mol. The van der Waals surface area contributed by atoms with Gasteiger partial charge < -0.3 is 10.1 Å². The van der Waals surface area contributed by atoms with Crippen LogP contribution in [-0.4, -0.2) is 5.91 Å². The van der Waals surface area contributed by atoms with Crippen LogP contribution in [0.2, 0.25) is 0 Å². The number of anilines is 1. The van der Waals surface area contributed by atoms with E-state index < -0.39 is 0 Å². The summed E-state index contributed by atoms with van der Waals surface area (Å²) < 4.78 is 6.20. The minimum absolute atomic E-state index is 0.0165. The van der Waals surface area contributed by atoms with Crippen molar-refractivity contribution in [2.75, 3.05) is 5.32 Å². The first-order valence-corrected chi connectivity index (χ1v) is 17.8. The molecule has 1 amide bonds. The van der Waals surface area contributed by atoms with Crippen molar-refractivity contribution < 1.29 is 9.53 Å². The molecule has 4 aromatic rings. The zero-order valence-corrected chi connectivity index (χ0v) is 28.8. The van der Waals surface area contributed by atoms with Gasteiger partial charge in [-0.25, -0.2) is 0 Å². The van der Waals surface area contributed by atoms with Gasteiger partial charge in [-0.15, -0.1) is 0 Å². The van der Waals surface area contributed by atoms with Crippen LogP contribution in [0.15, 0.2) is 103 Å². The Morgan fingerprint density at radius 1 is 0.809 bits per heavy atom. The summed E-state index contributed by atoms with van der Waals surface area (Å²) in [5.74, 6) is 2.50. The van der Waals surface area contributed by atoms with Gasteiger partial charge in [0.1, 0.15) is 11.5 Å². The van der Waals surface area contributed by atoms with E-state index in [0.717, 1.165) is 52.6 Å². The van der Waals surface area contributed by atoms with Gasteiger partial charge in [0, 0.05) is 29.2 Å². The van der Waals surface area contributed by atoms with E-state index in [-0.39, 0.29) is 17.2 Å². The molecule has 4 aromatic carbocycles. The third-order valence-electron chi connectivity index (χ3n) is 10.3. The van der Waals surface area contributed by atoms with Gasteiger partial charge in [0.25, 0.3) is 0 Å². The zero-order chi connectivity index (χ0) is 32.8. The molecule has 47 heavy (non-hydrogen) atoms. The molecule has 0 bridgehead atoms. The fourth-order valence-corrected chi connectivity index (χ4v) is 7.68. The lowest BCUT2D eigenvalue weighted by Gasteiger charge is -2.28. The molecule has 0 unspecified atom stereocenters. The summed E-state index contributed by atoms with van der Waals surface area (Å²) in [6.07, 6.45) is 12.0. The molecule has 3 nitrogen and oxygen atoms in total. The van der Waals surface area contributed by atoms with E-state index in [2.05, 4.69) is 93.7 Å². The molecule has 1 saturated carbocycles. The molecular formula is C44H51NO2. The molecular weight excluding hydrogens is 574 g/mol. The summed E-state index contributed by atoms with van der Waals surface area (Å²) in [7, 11) is 0. The molecule has 0 aromatic heterocycles. The molecule has 2 aliphatic rings. The number of fused-ring (bicyclic) bond motifs is 2. The average molecular weight is 626 g/mol. The Hall–Kier alpha value is -4.11. The highest BCUT2D eigenvalue weighted by Gasteiger charge is 2.29. The SMILES string of the molecule is CC(=C(CCCC1CCCCC1)Cc1ccccc1)c1ccc(C(C)(C)C)c(NC(=O)CC2c3ccccc3Oc3ccccc32)c1. The van der Waals surface area contributed by atoms with Crippen molar-refractivity contribution in [2.45, 2.75) is 103 Å². The van der Waals surface area contributed by atoms with E-state index in [9.17, 15) is 4.79 Å². The summed E-state index contributed by atoms with van der Waals surface area (Å²) in [4.78, 5) is 14.0. The highest BCUT2D eigenvalue weighted by molar-refractivity contribution is 5.93. The topological polar surface area (TPSA) is 38.3 Å². The quantitative estimate of drug-likeness (QED) is 0.190. The Kier molecular flexibility index (Phi) is 10.3. The van der Waals surface area contributed by atoms with Crippen molar-refractivity contribution in [1.29, 1.82) is 0 Å². The van der Waals surface area contributed by atoms with Gasteiger partial charge >= 0.3 is 0 Å². The number of hydrogen-bond donors (Lipinski definition) is 1. The first kappa shape index (κ1) is 32.8. The fourth-order valence-electron chi connectivity index (χ4n) is 7.68. The third kappa shape index (κ3) is 8.07. The third-order valence-corrected chi connectivity index (χ3v) is 10.3. The van der Waals surface area contributed by atoms with Crippen molar-refractivity contribution >= 4 is 17.2 Å². The first-order chi connectivity index (χ1) is 22.8. The number of benzene rings is 4. The molecule has 0 radical (unpaired) electrons. The number of rotatable bonds is 10. The molecule has 3 heteroatoms. The van der Waals surface area contributed by atoms with E-state index in [4.69, 9.17) is 4.74 Å². The Labute approximate surface area is 282 Å². The lowest BCUT2D eigenvalue weighted by atomic mass is 9.82. The van der Waals surface area contributed by atoms with Crippen LogP contribution in [0, 0.1) is 5.92 Å². The Morgan fingerprint density at radius 2 is 1.45 bits per heavy atom. The van der Waals surface area contributed by atoms with Gasteiger partial charge in [0.15, 0.2) is 0 Å². The smallest absolute Gasteiger partial charge is 0.225 e. The maximum absolute atomic E-state index is 14.0.